The van der Waals surface area contributed by atoms with E-state index in [0.717, 1.165) is 0 Å². The number of nitrogens with one attached hydrogen (secondary N) is 1. The summed E-state index contributed by atoms with van der Waals surface area (Å²) in [5, 5.41) is 7.21. The molecule has 0 saturated carbocycles. The molecule has 21 heavy (non-hydrogen) atoms. The minimum absolute atomic E-state index is 0.193. The van der Waals surface area contributed by atoms with Gasteiger partial charge in [0.1, 0.15) is 5.82 Å². The Morgan fingerprint density at radius 2 is 1.81 bits per heavy atom. The molecular weight excluding hydrogens is 268 g/mol. The van der Waals surface area contributed by atoms with Crippen LogP contribution in [-0.2, 0) is 0 Å². The normalized spacial score (nSPS) is 10.5. The first-order valence-corrected chi connectivity index (χ1v) is 6.35. The molecule has 2 heterocycles. The lowest BCUT2D eigenvalue weighted by Crippen LogP contribution is -2.29. The molecule has 3 rings (SSSR count). The number of carbonyl (C=O) groups is 1. The average molecular weight is 280 g/mol. The van der Waals surface area contributed by atoms with Gasteiger partial charge in [0.2, 0.25) is 0 Å². The second kappa shape index (κ2) is 5.16. The second-order valence-corrected chi connectivity index (χ2v) is 4.50. The Balaban J connectivity index is 2.11. The summed E-state index contributed by atoms with van der Waals surface area (Å²) in [6.45, 7) is 0. The van der Waals surface area contributed by atoms with E-state index in [1.54, 1.807) is 55.7 Å². The quantitative estimate of drug-likeness (QED) is 0.773. The van der Waals surface area contributed by atoms with E-state index in [2.05, 4.69) is 15.2 Å². The van der Waals surface area contributed by atoms with Gasteiger partial charge in [-0.25, -0.2) is 10.1 Å². The van der Waals surface area contributed by atoms with Gasteiger partial charge in [0.05, 0.1) is 5.39 Å². The fraction of sp³-hybridized carbons (Fsp3) is 0.0667. The standard InChI is InChI=1S/C15H12N4O2/c1-19(12-8-4-5-9-16-12)15(21)13-10-6-2-3-7-11(10)14(20)18-17-13/h2-9H,1H3,(H,18,20). The smallest absolute Gasteiger partial charge is 0.280 e. The summed E-state index contributed by atoms with van der Waals surface area (Å²) in [7, 11) is 1.62. The number of amides is 1. The molecule has 2 aromatic heterocycles. The number of H-pyrrole nitrogens is 1. The lowest BCUT2D eigenvalue weighted by atomic mass is 10.1. The SMILES string of the molecule is CN(C(=O)c1n[nH]c(=O)c2ccccc12)c1ccccn1. The predicted molar refractivity (Wildman–Crippen MR) is 79.3 cm³/mol. The largest absolute Gasteiger partial charge is 0.294 e. The van der Waals surface area contributed by atoms with Crippen LogP contribution in [0.15, 0.2) is 53.5 Å². The van der Waals surface area contributed by atoms with E-state index in [9.17, 15) is 9.59 Å². The van der Waals surface area contributed by atoms with E-state index in [-0.39, 0.29) is 17.2 Å². The van der Waals surface area contributed by atoms with Crippen molar-refractivity contribution >= 4 is 22.5 Å². The van der Waals surface area contributed by atoms with Crippen molar-refractivity contribution in [2.45, 2.75) is 0 Å². The summed E-state index contributed by atoms with van der Waals surface area (Å²) < 4.78 is 0. The summed E-state index contributed by atoms with van der Waals surface area (Å²) in [4.78, 5) is 29.8. The molecule has 1 amide bonds. The van der Waals surface area contributed by atoms with Gasteiger partial charge in [0.25, 0.3) is 11.5 Å². The number of hydrogen-bond acceptors (Lipinski definition) is 4. The lowest BCUT2D eigenvalue weighted by Gasteiger charge is -2.16. The molecule has 1 N–H and O–H groups in total. The third-order valence-corrected chi connectivity index (χ3v) is 3.20. The number of fused-ring (bicyclic) bond motifs is 1. The van der Waals surface area contributed by atoms with Gasteiger partial charge in [-0.3, -0.25) is 14.5 Å². The molecule has 0 unspecified atom stereocenters. The topological polar surface area (TPSA) is 79.0 Å². The van der Waals surface area contributed by atoms with Crippen LogP contribution < -0.4 is 10.5 Å². The zero-order valence-electron chi connectivity index (χ0n) is 11.3. The molecule has 0 spiro atoms. The van der Waals surface area contributed by atoms with Crippen molar-refractivity contribution < 1.29 is 4.79 Å². The Bertz CT molecular complexity index is 858. The third-order valence-electron chi connectivity index (χ3n) is 3.20. The zero-order chi connectivity index (χ0) is 14.8. The van der Waals surface area contributed by atoms with E-state index in [4.69, 9.17) is 0 Å². The van der Waals surface area contributed by atoms with E-state index >= 15 is 0 Å². The molecule has 1 aromatic carbocycles. The van der Waals surface area contributed by atoms with Crippen molar-refractivity contribution in [3.05, 3.63) is 64.7 Å². The van der Waals surface area contributed by atoms with E-state index in [0.29, 0.717) is 16.6 Å². The van der Waals surface area contributed by atoms with Crippen molar-refractivity contribution in [2.75, 3.05) is 11.9 Å². The molecule has 0 aliphatic rings. The van der Waals surface area contributed by atoms with Crippen molar-refractivity contribution in [2.24, 2.45) is 0 Å². The minimum Gasteiger partial charge on any atom is -0.294 e. The van der Waals surface area contributed by atoms with E-state index in [1.165, 1.54) is 4.90 Å². The van der Waals surface area contributed by atoms with Crippen LogP contribution in [0.2, 0.25) is 0 Å². The molecule has 0 bridgehead atoms. The number of anilines is 1. The first-order valence-electron chi connectivity index (χ1n) is 6.35. The van der Waals surface area contributed by atoms with Gasteiger partial charge in [-0.1, -0.05) is 24.3 Å². The summed E-state index contributed by atoms with van der Waals surface area (Å²) in [6.07, 6.45) is 1.61. The lowest BCUT2D eigenvalue weighted by molar-refractivity contribution is 0.0988. The van der Waals surface area contributed by atoms with Crippen molar-refractivity contribution in [3.8, 4) is 0 Å². The summed E-state index contributed by atoms with van der Waals surface area (Å²) in [5.41, 5.74) is -0.124. The summed E-state index contributed by atoms with van der Waals surface area (Å²) in [6, 6.07) is 12.2. The molecule has 0 radical (unpaired) electrons. The highest BCUT2D eigenvalue weighted by atomic mass is 16.2. The number of hydrogen-bond donors (Lipinski definition) is 1. The van der Waals surface area contributed by atoms with Crippen LogP contribution in [0.3, 0.4) is 0 Å². The van der Waals surface area contributed by atoms with E-state index < -0.39 is 0 Å². The Morgan fingerprint density at radius 3 is 2.52 bits per heavy atom. The van der Waals surface area contributed by atoms with Gasteiger partial charge in [0.15, 0.2) is 5.69 Å². The predicted octanol–water partition coefficient (Wildman–Crippen LogP) is 1.59. The van der Waals surface area contributed by atoms with Crippen LogP contribution in [0.4, 0.5) is 5.82 Å². The van der Waals surface area contributed by atoms with Crippen molar-refractivity contribution in [3.63, 3.8) is 0 Å². The zero-order valence-corrected chi connectivity index (χ0v) is 11.3. The second-order valence-electron chi connectivity index (χ2n) is 4.50. The van der Waals surface area contributed by atoms with Gasteiger partial charge in [-0.05, 0) is 18.2 Å². The van der Waals surface area contributed by atoms with Crippen LogP contribution in [0, 0.1) is 0 Å². The van der Waals surface area contributed by atoms with Gasteiger partial charge in [-0.2, -0.15) is 5.10 Å². The molecule has 0 atom stereocenters. The van der Waals surface area contributed by atoms with Gasteiger partial charge >= 0.3 is 0 Å². The Hall–Kier alpha value is -3.02. The maximum absolute atomic E-state index is 12.6. The van der Waals surface area contributed by atoms with Crippen LogP contribution >= 0.6 is 0 Å². The highest BCUT2D eigenvalue weighted by Gasteiger charge is 2.19. The number of aromatic nitrogens is 3. The number of nitrogens with zero attached hydrogens (tertiary/aromatic N) is 3. The Morgan fingerprint density at radius 1 is 1.10 bits per heavy atom. The van der Waals surface area contributed by atoms with Crippen molar-refractivity contribution in [1.29, 1.82) is 0 Å². The average Bonchev–Trinajstić information content (AvgIpc) is 2.55. The first kappa shape index (κ1) is 13.0. The first-order chi connectivity index (χ1) is 10.2. The molecule has 3 aromatic rings. The Labute approximate surface area is 120 Å². The molecule has 0 aliphatic heterocycles. The highest BCUT2D eigenvalue weighted by molar-refractivity contribution is 6.11. The fourth-order valence-corrected chi connectivity index (χ4v) is 2.09. The molecular formula is C15H12N4O2. The van der Waals surface area contributed by atoms with Crippen LogP contribution in [0.1, 0.15) is 10.5 Å². The molecule has 0 fully saturated rings. The van der Waals surface area contributed by atoms with E-state index in [1.807, 2.05) is 0 Å². The van der Waals surface area contributed by atoms with Crippen LogP contribution in [0.25, 0.3) is 10.8 Å². The summed E-state index contributed by atoms with van der Waals surface area (Å²) >= 11 is 0. The number of carbonyl (C=O) groups excluding carboxylic acids is 1. The summed E-state index contributed by atoms with van der Waals surface area (Å²) in [5.74, 6) is 0.181. The number of benzene rings is 1. The fourth-order valence-electron chi connectivity index (χ4n) is 2.09. The molecule has 6 heteroatoms. The molecule has 0 saturated heterocycles. The number of pyridine rings is 1. The van der Waals surface area contributed by atoms with Gasteiger partial charge < -0.3 is 0 Å². The van der Waals surface area contributed by atoms with Gasteiger partial charge in [-0.15, -0.1) is 0 Å². The third kappa shape index (κ3) is 2.27. The minimum atomic E-state index is -0.332. The molecule has 104 valence electrons. The Kier molecular flexibility index (Phi) is 3.19. The molecule has 6 nitrogen and oxygen atoms in total. The maximum Gasteiger partial charge on any atom is 0.280 e. The number of aromatic amines is 1. The molecule has 0 aliphatic carbocycles. The van der Waals surface area contributed by atoms with Crippen LogP contribution in [0.5, 0.6) is 0 Å². The van der Waals surface area contributed by atoms with Crippen molar-refractivity contribution in [1.82, 2.24) is 15.2 Å². The maximum atomic E-state index is 12.6. The highest BCUT2D eigenvalue weighted by Crippen LogP contribution is 2.16. The monoisotopic (exact) mass is 280 g/mol. The number of rotatable bonds is 2. The van der Waals surface area contributed by atoms with Crippen LogP contribution in [-0.4, -0.2) is 28.1 Å². The van der Waals surface area contributed by atoms with Gasteiger partial charge in [0, 0.05) is 18.6 Å².